The molecule has 0 amide bonds. The summed E-state index contributed by atoms with van der Waals surface area (Å²) in [6.07, 6.45) is 2.17. The summed E-state index contributed by atoms with van der Waals surface area (Å²) >= 11 is 0. The van der Waals surface area contributed by atoms with Gasteiger partial charge in [0.25, 0.3) is 0 Å². The number of rotatable bonds is 11. The lowest BCUT2D eigenvalue weighted by atomic mass is 9.98. The van der Waals surface area contributed by atoms with E-state index in [4.69, 9.17) is 19.6 Å². The SMILES string of the molecule is CCC(OC)(OC)c1nc(Cc2ccc(-c3ccccc3C(=O)O)cc2)n(CCC(C)C)n1. The molecule has 0 spiro atoms. The lowest BCUT2D eigenvalue weighted by Gasteiger charge is -2.26. The molecular formula is C26H33N3O4. The molecule has 0 aliphatic carbocycles. The van der Waals surface area contributed by atoms with Gasteiger partial charge in [-0.15, -0.1) is 0 Å². The van der Waals surface area contributed by atoms with Gasteiger partial charge in [-0.05, 0) is 35.1 Å². The second-order valence-corrected chi connectivity index (χ2v) is 8.50. The zero-order chi connectivity index (χ0) is 24.0. The molecule has 1 heterocycles. The zero-order valence-electron chi connectivity index (χ0n) is 20.0. The highest BCUT2D eigenvalue weighted by molar-refractivity contribution is 5.95. The standard InChI is InChI=1S/C26H33N3O4/c1-6-26(32-4,33-5)25-27-23(29(28-25)16-15-18(2)3)17-19-11-13-20(14-12-19)21-9-7-8-10-22(21)24(30)31/h7-14,18H,6,15-17H2,1-5H3,(H,30,31). The summed E-state index contributed by atoms with van der Waals surface area (Å²) in [7, 11) is 3.21. The predicted octanol–water partition coefficient (Wildman–Crippen LogP) is 5.14. The Bertz CT molecular complexity index is 1060. The smallest absolute Gasteiger partial charge is 0.336 e. The number of aryl methyl sites for hydroxylation is 1. The summed E-state index contributed by atoms with van der Waals surface area (Å²) in [5, 5.41) is 14.2. The third-order valence-corrected chi connectivity index (χ3v) is 5.92. The normalized spacial score (nSPS) is 11.8. The molecule has 0 atom stereocenters. The molecule has 3 aromatic rings. The Morgan fingerprint density at radius 2 is 1.76 bits per heavy atom. The minimum atomic E-state index is -0.970. The number of aromatic nitrogens is 3. The average molecular weight is 452 g/mol. The van der Waals surface area contributed by atoms with E-state index in [1.807, 2.05) is 48.0 Å². The number of aromatic carboxylic acids is 1. The van der Waals surface area contributed by atoms with Crippen LogP contribution in [0.15, 0.2) is 48.5 Å². The van der Waals surface area contributed by atoms with Crippen molar-refractivity contribution in [1.82, 2.24) is 14.8 Å². The summed E-state index contributed by atoms with van der Waals surface area (Å²) < 4.78 is 13.3. The van der Waals surface area contributed by atoms with Crippen molar-refractivity contribution in [3.8, 4) is 11.1 Å². The molecule has 0 bridgehead atoms. The van der Waals surface area contributed by atoms with Crippen LogP contribution in [0.3, 0.4) is 0 Å². The minimum absolute atomic E-state index is 0.290. The van der Waals surface area contributed by atoms with Gasteiger partial charge in [0, 0.05) is 33.6 Å². The summed E-state index contributed by atoms with van der Waals surface area (Å²) in [6.45, 7) is 7.12. The molecule has 0 saturated carbocycles. The maximum Gasteiger partial charge on any atom is 0.336 e. The van der Waals surface area contributed by atoms with Crippen molar-refractivity contribution in [2.24, 2.45) is 5.92 Å². The van der Waals surface area contributed by atoms with Crippen molar-refractivity contribution < 1.29 is 19.4 Å². The molecule has 176 valence electrons. The highest BCUT2D eigenvalue weighted by Gasteiger charge is 2.35. The number of ether oxygens (including phenoxy) is 2. The van der Waals surface area contributed by atoms with Gasteiger partial charge in [0.1, 0.15) is 5.82 Å². The quantitative estimate of drug-likeness (QED) is 0.407. The highest BCUT2D eigenvalue weighted by atomic mass is 16.7. The number of carboxylic acid groups (broad SMARTS) is 1. The maximum absolute atomic E-state index is 11.6. The van der Waals surface area contributed by atoms with Crippen LogP contribution in [0.2, 0.25) is 0 Å². The van der Waals surface area contributed by atoms with E-state index in [0.717, 1.165) is 29.9 Å². The molecule has 0 aliphatic heterocycles. The molecule has 0 radical (unpaired) electrons. The minimum Gasteiger partial charge on any atom is -0.478 e. The van der Waals surface area contributed by atoms with E-state index in [9.17, 15) is 9.90 Å². The first-order valence-corrected chi connectivity index (χ1v) is 11.3. The first-order valence-electron chi connectivity index (χ1n) is 11.3. The van der Waals surface area contributed by atoms with E-state index < -0.39 is 11.8 Å². The van der Waals surface area contributed by atoms with E-state index in [-0.39, 0.29) is 0 Å². The number of carboxylic acids is 1. The van der Waals surface area contributed by atoms with Crippen LogP contribution < -0.4 is 0 Å². The molecule has 0 saturated heterocycles. The summed E-state index contributed by atoms with van der Waals surface area (Å²) in [6, 6.07) is 15.0. The van der Waals surface area contributed by atoms with Gasteiger partial charge in [0.05, 0.1) is 5.56 Å². The van der Waals surface area contributed by atoms with Gasteiger partial charge in [-0.2, -0.15) is 5.10 Å². The predicted molar refractivity (Wildman–Crippen MR) is 127 cm³/mol. The van der Waals surface area contributed by atoms with Crippen LogP contribution in [0.4, 0.5) is 0 Å². The van der Waals surface area contributed by atoms with Crippen molar-refractivity contribution in [3.63, 3.8) is 0 Å². The Balaban J connectivity index is 1.91. The van der Waals surface area contributed by atoms with Gasteiger partial charge in [0.2, 0.25) is 11.6 Å². The van der Waals surface area contributed by atoms with Crippen molar-refractivity contribution in [2.45, 2.75) is 52.4 Å². The van der Waals surface area contributed by atoms with Crippen molar-refractivity contribution in [1.29, 1.82) is 0 Å². The largest absolute Gasteiger partial charge is 0.478 e. The maximum atomic E-state index is 11.6. The van der Waals surface area contributed by atoms with Crippen LogP contribution in [0.25, 0.3) is 11.1 Å². The molecule has 7 nitrogen and oxygen atoms in total. The van der Waals surface area contributed by atoms with E-state index in [1.54, 1.807) is 26.4 Å². The molecule has 0 aliphatic rings. The van der Waals surface area contributed by atoms with Gasteiger partial charge < -0.3 is 14.6 Å². The van der Waals surface area contributed by atoms with Crippen molar-refractivity contribution in [2.75, 3.05) is 14.2 Å². The fourth-order valence-electron chi connectivity index (χ4n) is 3.84. The fraction of sp³-hybridized carbons (Fsp3) is 0.423. The van der Waals surface area contributed by atoms with Crippen molar-refractivity contribution in [3.05, 3.63) is 71.3 Å². The Labute approximate surface area is 195 Å². The first kappa shape index (κ1) is 24.6. The average Bonchev–Trinajstić information content (AvgIpc) is 3.22. The summed E-state index contributed by atoms with van der Waals surface area (Å²) in [5.41, 5.74) is 2.92. The number of nitrogens with zero attached hydrogens (tertiary/aromatic N) is 3. The van der Waals surface area contributed by atoms with Crippen LogP contribution in [0.5, 0.6) is 0 Å². The molecule has 1 aromatic heterocycles. The number of methoxy groups -OCH3 is 2. The van der Waals surface area contributed by atoms with Crippen LogP contribution >= 0.6 is 0 Å². The number of carbonyl (C=O) groups is 1. The third kappa shape index (κ3) is 5.49. The first-order chi connectivity index (χ1) is 15.8. The second kappa shape index (κ2) is 10.7. The summed E-state index contributed by atoms with van der Waals surface area (Å²) in [5.74, 6) is 0.00966. The fourth-order valence-corrected chi connectivity index (χ4v) is 3.84. The van der Waals surface area contributed by atoms with Gasteiger partial charge in [-0.25, -0.2) is 14.5 Å². The highest BCUT2D eigenvalue weighted by Crippen LogP contribution is 2.28. The van der Waals surface area contributed by atoms with E-state index in [0.29, 0.717) is 35.7 Å². The molecule has 33 heavy (non-hydrogen) atoms. The van der Waals surface area contributed by atoms with Crippen LogP contribution in [-0.4, -0.2) is 40.1 Å². The second-order valence-electron chi connectivity index (χ2n) is 8.50. The molecule has 1 N–H and O–H groups in total. The lowest BCUT2D eigenvalue weighted by Crippen LogP contribution is -2.31. The number of hydrogen-bond acceptors (Lipinski definition) is 5. The molecule has 0 unspecified atom stereocenters. The van der Waals surface area contributed by atoms with E-state index in [2.05, 4.69) is 13.8 Å². The number of benzene rings is 2. The van der Waals surface area contributed by atoms with E-state index in [1.165, 1.54) is 0 Å². The topological polar surface area (TPSA) is 86.5 Å². The Morgan fingerprint density at radius 3 is 2.33 bits per heavy atom. The van der Waals surface area contributed by atoms with Crippen molar-refractivity contribution >= 4 is 5.97 Å². The molecule has 7 heteroatoms. The lowest BCUT2D eigenvalue weighted by molar-refractivity contribution is -0.222. The van der Waals surface area contributed by atoms with E-state index >= 15 is 0 Å². The molecular weight excluding hydrogens is 418 g/mol. The molecule has 3 rings (SSSR count). The Morgan fingerprint density at radius 1 is 1.09 bits per heavy atom. The Kier molecular flexibility index (Phi) is 8.00. The van der Waals surface area contributed by atoms with Crippen LogP contribution in [0.1, 0.15) is 61.2 Å². The monoisotopic (exact) mass is 451 g/mol. The van der Waals surface area contributed by atoms with Crippen LogP contribution in [-0.2, 0) is 28.2 Å². The third-order valence-electron chi connectivity index (χ3n) is 5.92. The van der Waals surface area contributed by atoms with Crippen LogP contribution in [0, 0.1) is 5.92 Å². The molecule has 2 aromatic carbocycles. The van der Waals surface area contributed by atoms with Gasteiger partial charge >= 0.3 is 5.97 Å². The summed E-state index contributed by atoms with van der Waals surface area (Å²) in [4.78, 5) is 16.4. The van der Waals surface area contributed by atoms with Gasteiger partial charge in [0.15, 0.2) is 0 Å². The van der Waals surface area contributed by atoms with Gasteiger partial charge in [-0.1, -0.05) is 63.2 Å². The Hall–Kier alpha value is -3.03. The number of hydrogen-bond donors (Lipinski definition) is 1. The van der Waals surface area contributed by atoms with Gasteiger partial charge in [-0.3, -0.25) is 0 Å². The zero-order valence-corrected chi connectivity index (χ0v) is 20.0. The molecule has 0 fully saturated rings.